The highest BCUT2D eigenvalue weighted by Gasteiger charge is 1.90. The van der Waals surface area contributed by atoms with Gasteiger partial charge in [-0.1, -0.05) is 5.18 Å². The molecular formula is C8H17NO3. The summed E-state index contributed by atoms with van der Waals surface area (Å²) in [6.07, 6.45) is 3.41. The van der Waals surface area contributed by atoms with Crippen LogP contribution in [0.2, 0.25) is 0 Å². The van der Waals surface area contributed by atoms with E-state index in [0.29, 0.717) is 19.8 Å². The molecule has 0 heterocycles. The number of rotatable bonds is 9. The summed E-state index contributed by atoms with van der Waals surface area (Å²) in [7, 11) is 0. The van der Waals surface area contributed by atoms with Gasteiger partial charge in [0.25, 0.3) is 0 Å². The highest BCUT2D eigenvalue weighted by atomic mass is 16.5. The summed E-state index contributed by atoms with van der Waals surface area (Å²) < 4.78 is 5.23. The van der Waals surface area contributed by atoms with Gasteiger partial charge in [-0.2, -0.15) is 4.91 Å². The van der Waals surface area contributed by atoms with Crippen molar-refractivity contribution < 1.29 is 9.84 Å². The number of hydrogen-bond donors (Lipinski definition) is 1. The second-order valence-corrected chi connectivity index (χ2v) is 2.60. The van der Waals surface area contributed by atoms with Gasteiger partial charge >= 0.3 is 0 Å². The first-order chi connectivity index (χ1) is 5.91. The van der Waals surface area contributed by atoms with Crippen LogP contribution in [0.4, 0.5) is 0 Å². The Balaban J connectivity index is 2.77. The molecule has 12 heavy (non-hydrogen) atoms. The normalized spacial score (nSPS) is 10.1. The van der Waals surface area contributed by atoms with E-state index in [1.807, 2.05) is 0 Å². The highest BCUT2D eigenvalue weighted by Crippen LogP contribution is 1.93. The Labute approximate surface area is 72.9 Å². The molecule has 4 nitrogen and oxygen atoms in total. The third-order valence-corrected chi connectivity index (χ3v) is 1.48. The smallest absolute Gasteiger partial charge is 0.0812 e. The molecule has 72 valence electrons. The summed E-state index contributed by atoms with van der Waals surface area (Å²) in [5.41, 5.74) is 0. The monoisotopic (exact) mass is 175 g/mol. The zero-order valence-corrected chi connectivity index (χ0v) is 7.37. The topological polar surface area (TPSA) is 58.9 Å². The fourth-order valence-corrected chi connectivity index (χ4v) is 0.798. The van der Waals surface area contributed by atoms with E-state index in [0.717, 1.165) is 25.7 Å². The number of ether oxygens (including phenoxy) is 1. The van der Waals surface area contributed by atoms with Crippen molar-refractivity contribution in [1.29, 1.82) is 0 Å². The first-order valence-corrected chi connectivity index (χ1v) is 4.39. The molecule has 0 aromatic carbocycles. The average Bonchev–Trinajstić information content (AvgIpc) is 2.10. The minimum atomic E-state index is 0.235. The van der Waals surface area contributed by atoms with Gasteiger partial charge in [0.1, 0.15) is 0 Å². The van der Waals surface area contributed by atoms with Crippen molar-refractivity contribution in [2.75, 3.05) is 26.4 Å². The molecule has 0 radical (unpaired) electrons. The molecule has 0 aliphatic carbocycles. The molecule has 0 atom stereocenters. The van der Waals surface area contributed by atoms with Crippen LogP contribution in [0.1, 0.15) is 25.7 Å². The summed E-state index contributed by atoms with van der Waals surface area (Å²) in [6, 6.07) is 0. The van der Waals surface area contributed by atoms with Gasteiger partial charge < -0.3 is 9.84 Å². The zero-order valence-electron chi connectivity index (χ0n) is 7.37. The first-order valence-electron chi connectivity index (χ1n) is 4.39. The van der Waals surface area contributed by atoms with Crippen LogP contribution in [0, 0.1) is 4.91 Å². The van der Waals surface area contributed by atoms with Crippen molar-refractivity contribution in [3.63, 3.8) is 0 Å². The average molecular weight is 175 g/mol. The Hall–Kier alpha value is -0.480. The standard InChI is InChI=1S/C8H17NO3/c10-6-2-4-8-12-7-3-1-5-9-11/h10H,1-8H2. The van der Waals surface area contributed by atoms with Gasteiger partial charge in [-0.05, 0) is 25.7 Å². The molecule has 0 aliphatic rings. The molecular weight excluding hydrogens is 158 g/mol. The third-order valence-electron chi connectivity index (χ3n) is 1.48. The summed E-state index contributed by atoms with van der Waals surface area (Å²) in [5, 5.41) is 11.2. The Morgan fingerprint density at radius 2 is 1.75 bits per heavy atom. The third kappa shape index (κ3) is 9.52. The summed E-state index contributed by atoms with van der Waals surface area (Å²) in [4.78, 5) is 9.66. The number of aliphatic hydroxyl groups is 1. The number of hydrogen-bond acceptors (Lipinski definition) is 4. The molecule has 0 fully saturated rings. The Morgan fingerprint density at radius 3 is 2.33 bits per heavy atom. The quantitative estimate of drug-likeness (QED) is 0.424. The molecule has 0 rings (SSSR count). The van der Waals surface area contributed by atoms with Crippen molar-refractivity contribution in [3.05, 3.63) is 4.91 Å². The number of aliphatic hydroxyl groups excluding tert-OH is 1. The Bertz CT molecular complexity index is 98.3. The zero-order chi connectivity index (χ0) is 9.07. The van der Waals surface area contributed by atoms with Crippen molar-refractivity contribution >= 4 is 0 Å². The van der Waals surface area contributed by atoms with Crippen LogP contribution in [-0.4, -0.2) is 31.5 Å². The number of unbranched alkanes of at least 4 members (excludes halogenated alkanes) is 2. The largest absolute Gasteiger partial charge is 0.396 e. The number of nitroso groups, excluding NO2 is 1. The van der Waals surface area contributed by atoms with Gasteiger partial charge in [0, 0.05) is 19.8 Å². The van der Waals surface area contributed by atoms with Gasteiger partial charge in [0.05, 0.1) is 6.54 Å². The maximum atomic E-state index is 9.66. The lowest BCUT2D eigenvalue weighted by Gasteiger charge is -2.01. The molecule has 0 aliphatic heterocycles. The van der Waals surface area contributed by atoms with Gasteiger partial charge in [-0.3, -0.25) is 0 Å². The first kappa shape index (κ1) is 11.5. The molecule has 0 bridgehead atoms. The predicted molar refractivity (Wildman–Crippen MR) is 47.0 cm³/mol. The van der Waals surface area contributed by atoms with Crippen molar-refractivity contribution in [2.24, 2.45) is 5.18 Å². The summed E-state index contributed by atoms with van der Waals surface area (Å²) in [6.45, 7) is 2.02. The van der Waals surface area contributed by atoms with E-state index in [1.54, 1.807) is 0 Å². The highest BCUT2D eigenvalue weighted by molar-refractivity contribution is 4.43. The predicted octanol–water partition coefficient (Wildman–Crippen LogP) is 1.32. The molecule has 0 aromatic heterocycles. The van der Waals surface area contributed by atoms with E-state index in [9.17, 15) is 4.91 Å². The molecule has 0 spiro atoms. The lowest BCUT2D eigenvalue weighted by Crippen LogP contribution is -1.98. The maximum Gasteiger partial charge on any atom is 0.0812 e. The van der Waals surface area contributed by atoms with Crippen molar-refractivity contribution in [2.45, 2.75) is 25.7 Å². The van der Waals surface area contributed by atoms with E-state index in [4.69, 9.17) is 9.84 Å². The second kappa shape index (κ2) is 10.5. The lowest BCUT2D eigenvalue weighted by atomic mass is 10.3. The van der Waals surface area contributed by atoms with E-state index >= 15 is 0 Å². The molecule has 0 saturated heterocycles. The molecule has 0 amide bonds. The lowest BCUT2D eigenvalue weighted by molar-refractivity contribution is 0.122. The molecule has 4 heteroatoms. The van der Waals surface area contributed by atoms with Crippen LogP contribution in [-0.2, 0) is 4.74 Å². The summed E-state index contributed by atoms with van der Waals surface area (Å²) >= 11 is 0. The van der Waals surface area contributed by atoms with Crippen molar-refractivity contribution in [1.82, 2.24) is 0 Å². The van der Waals surface area contributed by atoms with E-state index in [2.05, 4.69) is 5.18 Å². The van der Waals surface area contributed by atoms with E-state index < -0.39 is 0 Å². The summed E-state index contributed by atoms with van der Waals surface area (Å²) in [5.74, 6) is 0. The van der Waals surface area contributed by atoms with Crippen molar-refractivity contribution in [3.8, 4) is 0 Å². The Morgan fingerprint density at radius 1 is 1.08 bits per heavy atom. The van der Waals surface area contributed by atoms with Gasteiger partial charge in [0.15, 0.2) is 0 Å². The van der Waals surface area contributed by atoms with E-state index in [1.165, 1.54) is 0 Å². The van der Waals surface area contributed by atoms with Gasteiger partial charge in [0.2, 0.25) is 0 Å². The van der Waals surface area contributed by atoms with Crippen LogP contribution < -0.4 is 0 Å². The number of nitrogens with zero attached hydrogens (tertiary/aromatic N) is 1. The fourth-order valence-electron chi connectivity index (χ4n) is 0.798. The minimum absolute atomic E-state index is 0.235. The van der Waals surface area contributed by atoms with Crippen LogP contribution in [0.5, 0.6) is 0 Å². The Kier molecular flexibility index (Phi) is 10.1. The van der Waals surface area contributed by atoms with Gasteiger partial charge in [-0.25, -0.2) is 0 Å². The fraction of sp³-hybridized carbons (Fsp3) is 1.00. The minimum Gasteiger partial charge on any atom is -0.396 e. The second-order valence-electron chi connectivity index (χ2n) is 2.60. The van der Waals surface area contributed by atoms with Crippen LogP contribution in [0.3, 0.4) is 0 Å². The van der Waals surface area contributed by atoms with Crippen LogP contribution in [0.15, 0.2) is 5.18 Å². The van der Waals surface area contributed by atoms with Crippen LogP contribution in [0.25, 0.3) is 0 Å². The molecule has 1 N–H and O–H groups in total. The molecule has 0 aromatic rings. The molecule has 0 saturated carbocycles. The van der Waals surface area contributed by atoms with Gasteiger partial charge in [-0.15, -0.1) is 0 Å². The SMILES string of the molecule is O=NCCCCOCCCCO. The van der Waals surface area contributed by atoms with E-state index in [-0.39, 0.29) is 6.61 Å². The molecule has 0 unspecified atom stereocenters. The maximum absolute atomic E-state index is 9.66. The van der Waals surface area contributed by atoms with Crippen LogP contribution >= 0.6 is 0 Å².